The minimum absolute atomic E-state index is 0.241. The van der Waals surface area contributed by atoms with Crippen molar-refractivity contribution in [3.05, 3.63) is 51.2 Å². The fraction of sp³-hybridized carbons (Fsp3) is 0.214. The molecule has 1 heterocycles. The molecule has 4 nitrogen and oxygen atoms in total. The van der Waals surface area contributed by atoms with Gasteiger partial charge in [0.25, 0.3) is 0 Å². The van der Waals surface area contributed by atoms with Gasteiger partial charge in [-0.05, 0) is 47.1 Å². The van der Waals surface area contributed by atoms with E-state index in [1.807, 2.05) is 19.1 Å². The van der Waals surface area contributed by atoms with Gasteiger partial charge in [-0.2, -0.15) is 0 Å². The molecule has 0 bridgehead atoms. The maximum Gasteiger partial charge on any atom is 0.175 e. The summed E-state index contributed by atoms with van der Waals surface area (Å²) in [6, 6.07) is 8.57. The van der Waals surface area contributed by atoms with E-state index in [0.29, 0.717) is 17.1 Å². The lowest BCUT2D eigenvalue weighted by molar-refractivity contribution is 0.601. The Hall–Kier alpha value is -1.11. The number of aromatic nitrogens is 1. The minimum atomic E-state index is -3.32. The van der Waals surface area contributed by atoms with Crippen LogP contribution in [0.25, 0.3) is 0 Å². The number of sulfone groups is 1. The van der Waals surface area contributed by atoms with Crippen molar-refractivity contribution >= 4 is 43.1 Å². The molecule has 7 heteroatoms. The summed E-state index contributed by atoms with van der Waals surface area (Å²) in [4.78, 5) is 4.52. The number of benzene rings is 1. The van der Waals surface area contributed by atoms with Crippen molar-refractivity contribution in [3.63, 3.8) is 0 Å². The molecule has 0 saturated heterocycles. The Morgan fingerprint density at radius 3 is 2.62 bits per heavy atom. The molecule has 0 saturated carbocycles. The molecule has 2 rings (SSSR count). The fourth-order valence-electron chi connectivity index (χ4n) is 1.96. The SMILES string of the molecule is Cc1nc(Br)ccc1NCc1c(Cl)cccc1S(C)(=O)=O. The van der Waals surface area contributed by atoms with E-state index >= 15 is 0 Å². The van der Waals surface area contributed by atoms with Gasteiger partial charge < -0.3 is 5.32 Å². The third kappa shape index (κ3) is 3.96. The molecule has 2 aromatic rings. The number of anilines is 1. The molecule has 1 aromatic carbocycles. The molecule has 0 aliphatic rings. The van der Waals surface area contributed by atoms with E-state index in [1.165, 1.54) is 6.26 Å². The van der Waals surface area contributed by atoms with Crippen molar-refractivity contribution in [2.24, 2.45) is 0 Å². The number of halogens is 2. The van der Waals surface area contributed by atoms with Gasteiger partial charge in [0.05, 0.1) is 16.3 Å². The Morgan fingerprint density at radius 1 is 1.29 bits per heavy atom. The van der Waals surface area contributed by atoms with Crippen LogP contribution in [0.2, 0.25) is 5.02 Å². The van der Waals surface area contributed by atoms with Gasteiger partial charge in [-0.3, -0.25) is 0 Å². The molecule has 112 valence electrons. The second-order valence-electron chi connectivity index (χ2n) is 4.61. The normalized spacial score (nSPS) is 11.4. The molecule has 0 atom stereocenters. The molecular formula is C14H14BrClN2O2S. The van der Waals surface area contributed by atoms with E-state index < -0.39 is 9.84 Å². The van der Waals surface area contributed by atoms with Crippen molar-refractivity contribution in [1.82, 2.24) is 4.98 Å². The summed E-state index contributed by atoms with van der Waals surface area (Å²) in [6.07, 6.45) is 1.18. The van der Waals surface area contributed by atoms with E-state index in [4.69, 9.17) is 11.6 Å². The molecule has 0 aliphatic heterocycles. The first-order valence-electron chi connectivity index (χ1n) is 6.13. The van der Waals surface area contributed by atoms with Gasteiger partial charge in [0.2, 0.25) is 0 Å². The van der Waals surface area contributed by atoms with E-state index in [0.717, 1.165) is 16.0 Å². The summed E-state index contributed by atoms with van der Waals surface area (Å²) in [7, 11) is -3.32. The monoisotopic (exact) mass is 388 g/mol. The van der Waals surface area contributed by atoms with Gasteiger partial charge in [-0.1, -0.05) is 17.7 Å². The highest BCUT2D eigenvalue weighted by atomic mass is 79.9. The summed E-state index contributed by atoms with van der Waals surface area (Å²) in [5.41, 5.74) is 2.21. The average Bonchev–Trinajstić information content (AvgIpc) is 2.37. The van der Waals surface area contributed by atoms with Gasteiger partial charge in [-0.25, -0.2) is 13.4 Å². The molecule has 0 radical (unpaired) electrons. The van der Waals surface area contributed by atoms with Crippen LogP contribution in [0.15, 0.2) is 39.8 Å². The lowest BCUT2D eigenvalue weighted by atomic mass is 10.2. The first-order chi connectivity index (χ1) is 9.79. The summed E-state index contributed by atoms with van der Waals surface area (Å²) >= 11 is 9.44. The predicted molar refractivity (Wildman–Crippen MR) is 88.6 cm³/mol. The molecule has 21 heavy (non-hydrogen) atoms. The first-order valence-corrected chi connectivity index (χ1v) is 9.20. The number of rotatable bonds is 4. The smallest absolute Gasteiger partial charge is 0.175 e. The zero-order valence-electron chi connectivity index (χ0n) is 11.5. The van der Waals surface area contributed by atoms with Gasteiger partial charge in [0.1, 0.15) is 4.60 Å². The Labute approximate surface area is 137 Å². The van der Waals surface area contributed by atoms with E-state index in [2.05, 4.69) is 26.2 Å². The Kier molecular flexibility index (Phi) is 4.91. The highest BCUT2D eigenvalue weighted by molar-refractivity contribution is 9.10. The second kappa shape index (κ2) is 6.34. The van der Waals surface area contributed by atoms with Crippen molar-refractivity contribution < 1.29 is 8.42 Å². The van der Waals surface area contributed by atoms with E-state index in [-0.39, 0.29) is 4.90 Å². The fourth-order valence-corrected chi connectivity index (χ4v) is 3.61. The van der Waals surface area contributed by atoms with Crippen LogP contribution in [0.3, 0.4) is 0 Å². The largest absolute Gasteiger partial charge is 0.379 e. The highest BCUT2D eigenvalue weighted by Gasteiger charge is 2.15. The van der Waals surface area contributed by atoms with Crippen molar-refractivity contribution in [3.8, 4) is 0 Å². The predicted octanol–water partition coefficient (Wildman–Crippen LogP) is 3.82. The van der Waals surface area contributed by atoms with Crippen LogP contribution in [-0.2, 0) is 16.4 Å². The van der Waals surface area contributed by atoms with E-state index in [9.17, 15) is 8.42 Å². The zero-order valence-corrected chi connectivity index (χ0v) is 14.7. The molecule has 0 unspecified atom stereocenters. The molecule has 0 spiro atoms. The minimum Gasteiger partial charge on any atom is -0.379 e. The molecule has 0 aliphatic carbocycles. The summed E-state index contributed by atoms with van der Waals surface area (Å²) in [5, 5.41) is 3.60. The van der Waals surface area contributed by atoms with Crippen LogP contribution in [0, 0.1) is 6.92 Å². The average molecular weight is 390 g/mol. The summed E-state index contributed by atoms with van der Waals surface area (Å²) < 4.78 is 24.4. The van der Waals surface area contributed by atoms with Crippen LogP contribution < -0.4 is 5.32 Å². The molecular weight excluding hydrogens is 376 g/mol. The van der Waals surface area contributed by atoms with Crippen LogP contribution in [0.5, 0.6) is 0 Å². The zero-order chi connectivity index (χ0) is 15.6. The van der Waals surface area contributed by atoms with Crippen molar-refractivity contribution in [2.45, 2.75) is 18.4 Å². The van der Waals surface area contributed by atoms with Crippen LogP contribution >= 0.6 is 27.5 Å². The highest BCUT2D eigenvalue weighted by Crippen LogP contribution is 2.26. The first kappa shape index (κ1) is 16.3. The number of aryl methyl sites for hydroxylation is 1. The number of hydrogen-bond donors (Lipinski definition) is 1. The molecule has 1 aromatic heterocycles. The van der Waals surface area contributed by atoms with Gasteiger partial charge in [0.15, 0.2) is 9.84 Å². The van der Waals surface area contributed by atoms with Gasteiger partial charge >= 0.3 is 0 Å². The molecule has 1 N–H and O–H groups in total. The van der Waals surface area contributed by atoms with Crippen LogP contribution in [0.4, 0.5) is 5.69 Å². The Balaban J connectivity index is 2.32. The lowest BCUT2D eigenvalue weighted by Crippen LogP contribution is -2.08. The van der Waals surface area contributed by atoms with Crippen molar-refractivity contribution in [1.29, 1.82) is 0 Å². The third-order valence-corrected chi connectivity index (χ3v) is 4.96. The number of nitrogens with zero attached hydrogens (tertiary/aromatic N) is 1. The number of nitrogens with one attached hydrogen (secondary N) is 1. The van der Waals surface area contributed by atoms with Crippen LogP contribution in [-0.4, -0.2) is 19.7 Å². The number of hydrogen-bond acceptors (Lipinski definition) is 4. The quantitative estimate of drug-likeness (QED) is 0.808. The number of pyridine rings is 1. The Morgan fingerprint density at radius 2 is 2.00 bits per heavy atom. The summed E-state index contributed by atoms with van der Waals surface area (Å²) in [6.45, 7) is 2.18. The van der Waals surface area contributed by atoms with Gasteiger partial charge in [0, 0.05) is 23.4 Å². The topological polar surface area (TPSA) is 59.1 Å². The van der Waals surface area contributed by atoms with Gasteiger partial charge in [-0.15, -0.1) is 0 Å². The third-order valence-electron chi connectivity index (χ3n) is 2.98. The van der Waals surface area contributed by atoms with Crippen molar-refractivity contribution in [2.75, 3.05) is 11.6 Å². The molecule has 0 fully saturated rings. The lowest BCUT2D eigenvalue weighted by Gasteiger charge is -2.13. The van der Waals surface area contributed by atoms with E-state index in [1.54, 1.807) is 18.2 Å². The Bertz CT molecular complexity index is 779. The maximum atomic E-state index is 11.8. The summed E-state index contributed by atoms with van der Waals surface area (Å²) in [5.74, 6) is 0. The molecule has 0 amide bonds. The second-order valence-corrected chi connectivity index (χ2v) is 7.81. The standard InChI is InChI=1S/C14H14BrClN2O2S/c1-9-12(6-7-14(15)18-9)17-8-10-11(16)4-3-5-13(10)21(2,19)20/h3-7,17H,8H2,1-2H3. The maximum absolute atomic E-state index is 11.8. The van der Waals surface area contributed by atoms with Crippen LogP contribution in [0.1, 0.15) is 11.3 Å².